The summed E-state index contributed by atoms with van der Waals surface area (Å²) in [5, 5.41) is 2.88. The number of carbonyl (C=O) groups excluding carboxylic acids is 1. The molecule has 1 aromatic rings. The van der Waals surface area contributed by atoms with E-state index in [2.05, 4.69) is 5.32 Å². The van der Waals surface area contributed by atoms with Crippen molar-refractivity contribution in [3.8, 4) is 0 Å². The van der Waals surface area contributed by atoms with Crippen LogP contribution >= 0.6 is 0 Å². The zero-order valence-corrected chi connectivity index (χ0v) is 10.2. The molecule has 3 heteroatoms. The Morgan fingerprint density at radius 1 is 1.38 bits per heavy atom. The molecule has 0 aliphatic heterocycles. The molecule has 0 aliphatic carbocycles. The van der Waals surface area contributed by atoms with E-state index in [-0.39, 0.29) is 5.91 Å². The first-order valence-electron chi connectivity index (χ1n) is 5.60. The smallest absolute Gasteiger partial charge is 0.251 e. The maximum Gasteiger partial charge on any atom is 0.251 e. The third kappa shape index (κ3) is 3.35. The van der Waals surface area contributed by atoms with Crippen molar-refractivity contribution >= 4 is 5.91 Å². The van der Waals surface area contributed by atoms with Crippen LogP contribution in [0, 0.1) is 19.8 Å². The Morgan fingerprint density at radius 2 is 2.06 bits per heavy atom. The van der Waals surface area contributed by atoms with Gasteiger partial charge in [0.2, 0.25) is 0 Å². The Hall–Kier alpha value is -1.35. The number of aryl methyl sites for hydroxylation is 2. The van der Waals surface area contributed by atoms with Crippen LogP contribution in [0.2, 0.25) is 0 Å². The van der Waals surface area contributed by atoms with Crippen molar-refractivity contribution in [3.05, 3.63) is 34.9 Å². The van der Waals surface area contributed by atoms with Gasteiger partial charge in [-0.2, -0.15) is 0 Å². The molecular weight excluding hydrogens is 200 g/mol. The van der Waals surface area contributed by atoms with Gasteiger partial charge in [0.25, 0.3) is 5.91 Å². The summed E-state index contributed by atoms with van der Waals surface area (Å²) in [7, 11) is 0. The van der Waals surface area contributed by atoms with Gasteiger partial charge in [0.05, 0.1) is 0 Å². The minimum atomic E-state index is -0.0246. The third-order valence-electron chi connectivity index (χ3n) is 2.78. The zero-order valence-electron chi connectivity index (χ0n) is 10.2. The van der Waals surface area contributed by atoms with Gasteiger partial charge in [0.15, 0.2) is 0 Å². The molecule has 0 aromatic heterocycles. The molecule has 0 radical (unpaired) electrons. The molecule has 0 saturated carbocycles. The van der Waals surface area contributed by atoms with E-state index in [1.165, 1.54) is 5.56 Å². The fourth-order valence-corrected chi connectivity index (χ4v) is 1.33. The average molecular weight is 220 g/mol. The summed E-state index contributed by atoms with van der Waals surface area (Å²) < 4.78 is 0. The Bertz CT molecular complexity index is 374. The number of rotatable bonds is 4. The van der Waals surface area contributed by atoms with Crippen LogP contribution in [0.5, 0.6) is 0 Å². The van der Waals surface area contributed by atoms with Crippen molar-refractivity contribution < 1.29 is 4.79 Å². The average Bonchev–Trinajstić information content (AvgIpc) is 2.29. The monoisotopic (exact) mass is 220 g/mol. The fourth-order valence-electron chi connectivity index (χ4n) is 1.33. The van der Waals surface area contributed by atoms with Crippen LogP contribution in [0.25, 0.3) is 0 Å². The summed E-state index contributed by atoms with van der Waals surface area (Å²) >= 11 is 0. The molecule has 3 nitrogen and oxygen atoms in total. The molecule has 0 bridgehead atoms. The molecule has 0 fully saturated rings. The van der Waals surface area contributed by atoms with Gasteiger partial charge in [-0.1, -0.05) is 13.0 Å². The molecule has 1 amide bonds. The van der Waals surface area contributed by atoms with Crippen LogP contribution in [0.1, 0.15) is 28.4 Å². The molecule has 0 heterocycles. The lowest BCUT2D eigenvalue weighted by atomic mass is 10.1. The maximum atomic E-state index is 11.8. The highest BCUT2D eigenvalue weighted by atomic mass is 16.1. The number of amides is 1. The quantitative estimate of drug-likeness (QED) is 0.810. The van der Waals surface area contributed by atoms with E-state index < -0.39 is 0 Å². The van der Waals surface area contributed by atoms with Crippen LogP contribution in [0.15, 0.2) is 18.2 Å². The molecule has 0 aliphatic rings. The number of hydrogen-bond donors (Lipinski definition) is 2. The molecule has 3 N–H and O–H groups in total. The van der Waals surface area contributed by atoms with Crippen molar-refractivity contribution in [2.45, 2.75) is 20.8 Å². The highest BCUT2D eigenvalue weighted by Gasteiger charge is 2.07. The second-order valence-electron chi connectivity index (χ2n) is 4.35. The Labute approximate surface area is 97.0 Å². The van der Waals surface area contributed by atoms with Gasteiger partial charge in [0, 0.05) is 12.1 Å². The topological polar surface area (TPSA) is 55.1 Å². The Balaban J connectivity index is 2.63. The zero-order chi connectivity index (χ0) is 12.1. The highest BCUT2D eigenvalue weighted by molar-refractivity contribution is 5.94. The first-order chi connectivity index (χ1) is 7.54. The SMILES string of the molecule is Cc1ccc(C(=O)NCC(C)CN)cc1C. The number of benzene rings is 1. The van der Waals surface area contributed by atoms with Crippen LogP contribution in [-0.4, -0.2) is 19.0 Å². The number of nitrogens with one attached hydrogen (secondary N) is 1. The molecule has 0 spiro atoms. The molecule has 1 rings (SSSR count). The molecule has 1 aromatic carbocycles. The molecule has 88 valence electrons. The van der Waals surface area contributed by atoms with Gasteiger partial charge in [-0.15, -0.1) is 0 Å². The Morgan fingerprint density at radius 3 is 2.62 bits per heavy atom. The van der Waals surface area contributed by atoms with Crippen LogP contribution in [-0.2, 0) is 0 Å². The van der Waals surface area contributed by atoms with Crippen LogP contribution in [0.3, 0.4) is 0 Å². The Kier molecular flexibility index (Phi) is 4.50. The summed E-state index contributed by atoms with van der Waals surface area (Å²) in [6, 6.07) is 5.74. The largest absolute Gasteiger partial charge is 0.352 e. The molecule has 16 heavy (non-hydrogen) atoms. The maximum absolute atomic E-state index is 11.8. The predicted octanol–water partition coefficient (Wildman–Crippen LogP) is 1.63. The van der Waals surface area contributed by atoms with Crippen LogP contribution in [0.4, 0.5) is 0 Å². The van der Waals surface area contributed by atoms with Gasteiger partial charge in [-0.25, -0.2) is 0 Å². The minimum Gasteiger partial charge on any atom is -0.352 e. The van der Waals surface area contributed by atoms with Gasteiger partial charge in [-0.05, 0) is 49.6 Å². The van der Waals surface area contributed by atoms with Crippen molar-refractivity contribution in [3.63, 3.8) is 0 Å². The summed E-state index contributed by atoms with van der Waals surface area (Å²) in [5.74, 6) is 0.291. The predicted molar refractivity (Wildman–Crippen MR) is 66.5 cm³/mol. The van der Waals surface area contributed by atoms with Crippen molar-refractivity contribution in [2.75, 3.05) is 13.1 Å². The van der Waals surface area contributed by atoms with E-state index in [1.807, 2.05) is 39.0 Å². The highest BCUT2D eigenvalue weighted by Crippen LogP contribution is 2.09. The van der Waals surface area contributed by atoms with E-state index in [4.69, 9.17) is 5.73 Å². The van der Waals surface area contributed by atoms with E-state index in [0.29, 0.717) is 24.6 Å². The van der Waals surface area contributed by atoms with Crippen molar-refractivity contribution in [1.82, 2.24) is 5.32 Å². The van der Waals surface area contributed by atoms with Crippen molar-refractivity contribution in [2.24, 2.45) is 11.7 Å². The fraction of sp³-hybridized carbons (Fsp3) is 0.462. The molecular formula is C13H20N2O. The normalized spacial score (nSPS) is 12.2. The van der Waals surface area contributed by atoms with Crippen LogP contribution < -0.4 is 11.1 Å². The van der Waals surface area contributed by atoms with Gasteiger partial charge >= 0.3 is 0 Å². The third-order valence-corrected chi connectivity index (χ3v) is 2.78. The molecule has 0 saturated heterocycles. The van der Waals surface area contributed by atoms with E-state index in [9.17, 15) is 4.79 Å². The van der Waals surface area contributed by atoms with E-state index in [1.54, 1.807) is 0 Å². The second-order valence-corrected chi connectivity index (χ2v) is 4.35. The minimum absolute atomic E-state index is 0.0246. The summed E-state index contributed by atoms with van der Waals surface area (Å²) in [5.41, 5.74) is 8.54. The first-order valence-corrected chi connectivity index (χ1v) is 5.60. The number of hydrogen-bond acceptors (Lipinski definition) is 2. The lowest BCUT2D eigenvalue weighted by Crippen LogP contribution is -2.31. The molecule has 1 atom stereocenters. The summed E-state index contributed by atoms with van der Waals surface area (Å²) in [6.45, 7) is 7.28. The van der Waals surface area contributed by atoms with Gasteiger partial charge in [0.1, 0.15) is 0 Å². The number of nitrogens with two attached hydrogens (primary N) is 1. The second kappa shape index (κ2) is 5.66. The van der Waals surface area contributed by atoms with E-state index in [0.717, 1.165) is 5.56 Å². The lowest BCUT2D eigenvalue weighted by molar-refractivity contribution is 0.0948. The lowest BCUT2D eigenvalue weighted by Gasteiger charge is -2.10. The summed E-state index contributed by atoms with van der Waals surface area (Å²) in [4.78, 5) is 11.8. The van der Waals surface area contributed by atoms with Crippen molar-refractivity contribution in [1.29, 1.82) is 0 Å². The van der Waals surface area contributed by atoms with Gasteiger partial charge < -0.3 is 11.1 Å². The summed E-state index contributed by atoms with van der Waals surface area (Å²) in [6.07, 6.45) is 0. The van der Waals surface area contributed by atoms with E-state index >= 15 is 0 Å². The standard InChI is InChI=1S/C13H20N2O/c1-9(7-14)8-15-13(16)12-5-4-10(2)11(3)6-12/h4-6,9H,7-8,14H2,1-3H3,(H,15,16). The number of carbonyl (C=O) groups is 1. The molecule has 1 unspecified atom stereocenters. The first kappa shape index (κ1) is 12.7. The van der Waals surface area contributed by atoms with Gasteiger partial charge in [-0.3, -0.25) is 4.79 Å².